The molecular formula is C15H23BrN2O2. The van der Waals surface area contributed by atoms with Crippen molar-refractivity contribution < 1.29 is 4.92 Å². The zero-order valence-electron chi connectivity index (χ0n) is 12.4. The molecule has 1 aromatic rings. The molecule has 0 heterocycles. The maximum absolute atomic E-state index is 10.9. The molecule has 0 radical (unpaired) electrons. The fourth-order valence-electron chi connectivity index (χ4n) is 2.19. The van der Waals surface area contributed by atoms with Crippen molar-refractivity contribution in [3.63, 3.8) is 0 Å². The molecule has 0 saturated heterocycles. The van der Waals surface area contributed by atoms with E-state index in [-0.39, 0.29) is 10.6 Å². The van der Waals surface area contributed by atoms with Gasteiger partial charge in [-0.05, 0) is 42.3 Å². The summed E-state index contributed by atoms with van der Waals surface area (Å²) in [5, 5.41) is 14.3. The van der Waals surface area contributed by atoms with Crippen LogP contribution in [0.1, 0.15) is 51.5 Å². The lowest BCUT2D eigenvalue weighted by Gasteiger charge is -2.17. The van der Waals surface area contributed by atoms with Crippen molar-refractivity contribution in [2.45, 2.75) is 58.9 Å². The summed E-state index contributed by atoms with van der Waals surface area (Å²) in [5.41, 5.74) is 1.76. The van der Waals surface area contributed by atoms with Gasteiger partial charge in [0.15, 0.2) is 0 Å². The third-order valence-electron chi connectivity index (χ3n) is 3.37. The highest BCUT2D eigenvalue weighted by Crippen LogP contribution is 2.31. The van der Waals surface area contributed by atoms with Gasteiger partial charge in [0.2, 0.25) is 0 Å². The molecule has 0 bridgehead atoms. The number of unbranched alkanes of at least 4 members (excludes halogenated alkanes) is 3. The number of hydrogen-bond donors (Lipinski definition) is 1. The van der Waals surface area contributed by atoms with Crippen LogP contribution in [-0.4, -0.2) is 11.0 Å². The van der Waals surface area contributed by atoms with Crippen LogP contribution in [0.3, 0.4) is 0 Å². The lowest BCUT2D eigenvalue weighted by Crippen LogP contribution is -2.15. The Morgan fingerprint density at radius 3 is 2.65 bits per heavy atom. The molecule has 0 amide bonds. The Bertz CT molecular complexity index is 463. The quantitative estimate of drug-likeness (QED) is 0.389. The van der Waals surface area contributed by atoms with Crippen molar-refractivity contribution in [3.8, 4) is 0 Å². The number of halogens is 1. The third kappa shape index (κ3) is 5.12. The van der Waals surface area contributed by atoms with Crippen LogP contribution in [0.4, 0.5) is 11.4 Å². The molecule has 1 unspecified atom stereocenters. The number of benzene rings is 1. The molecule has 0 fully saturated rings. The molecule has 5 heteroatoms. The highest BCUT2D eigenvalue weighted by Gasteiger charge is 2.15. The lowest BCUT2D eigenvalue weighted by molar-refractivity contribution is -0.385. The predicted molar refractivity (Wildman–Crippen MR) is 87.4 cm³/mol. The van der Waals surface area contributed by atoms with Crippen molar-refractivity contribution in [2.24, 2.45) is 0 Å². The van der Waals surface area contributed by atoms with E-state index in [1.54, 1.807) is 13.0 Å². The maximum atomic E-state index is 10.9. The summed E-state index contributed by atoms with van der Waals surface area (Å²) in [7, 11) is 0. The number of rotatable bonds is 8. The average molecular weight is 343 g/mol. The summed E-state index contributed by atoms with van der Waals surface area (Å²) in [6.45, 7) is 6.12. The molecule has 20 heavy (non-hydrogen) atoms. The first-order valence-corrected chi connectivity index (χ1v) is 7.96. The Morgan fingerprint density at radius 1 is 1.35 bits per heavy atom. The molecule has 0 aliphatic rings. The van der Waals surface area contributed by atoms with Gasteiger partial charge in [0.05, 0.1) is 4.92 Å². The van der Waals surface area contributed by atoms with E-state index in [2.05, 4.69) is 35.1 Å². The SMILES string of the molecule is CCCCCCC(C)Nc1cc(C)c([N+](=O)[O-])cc1Br. The van der Waals surface area contributed by atoms with Crippen LogP contribution in [0.5, 0.6) is 0 Å². The van der Waals surface area contributed by atoms with E-state index in [9.17, 15) is 10.1 Å². The Morgan fingerprint density at radius 2 is 2.05 bits per heavy atom. The fraction of sp³-hybridized carbons (Fsp3) is 0.600. The largest absolute Gasteiger partial charge is 0.382 e. The standard InChI is InChI=1S/C15H23BrN2O2/c1-4-5-6-7-8-12(3)17-14-9-11(2)15(18(19)20)10-13(14)16/h9-10,12,17H,4-8H2,1-3H3. The summed E-state index contributed by atoms with van der Waals surface area (Å²) in [5.74, 6) is 0. The smallest absolute Gasteiger partial charge is 0.273 e. The van der Waals surface area contributed by atoms with Crippen LogP contribution in [0.15, 0.2) is 16.6 Å². The molecule has 112 valence electrons. The van der Waals surface area contributed by atoms with E-state index in [0.717, 1.165) is 16.6 Å². The molecule has 4 nitrogen and oxygen atoms in total. The fourth-order valence-corrected chi connectivity index (χ4v) is 2.64. The van der Waals surface area contributed by atoms with Gasteiger partial charge in [-0.2, -0.15) is 0 Å². The van der Waals surface area contributed by atoms with E-state index in [0.29, 0.717) is 11.6 Å². The second-order valence-corrected chi connectivity index (χ2v) is 6.12. The topological polar surface area (TPSA) is 55.2 Å². The minimum Gasteiger partial charge on any atom is -0.382 e. The highest BCUT2D eigenvalue weighted by atomic mass is 79.9. The number of aryl methyl sites for hydroxylation is 1. The number of nitro groups is 1. The average Bonchev–Trinajstić information content (AvgIpc) is 2.38. The number of anilines is 1. The third-order valence-corrected chi connectivity index (χ3v) is 4.03. The van der Waals surface area contributed by atoms with Crippen LogP contribution < -0.4 is 5.32 Å². The number of nitrogens with one attached hydrogen (secondary N) is 1. The van der Waals surface area contributed by atoms with Crippen molar-refractivity contribution in [1.82, 2.24) is 0 Å². The van der Waals surface area contributed by atoms with Crippen LogP contribution in [-0.2, 0) is 0 Å². The van der Waals surface area contributed by atoms with E-state index in [1.165, 1.54) is 25.7 Å². The Hall–Kier alpha value is -1.10. The van der Waals surface area contributed by atoms with E-state index in [1.807, 2.05) is 6.07 Å². The van der Waals surface area contributed by atoms with Crippen molar-refractivity contribution in [3.05, 3.63) is 32.3 Å². The van der Waals surface area contributed by atoms with Gasteiger partial charge in [-0.1, -0.05) is 32.6 Å². The van der Waals surface area contributed by atoms with Gasteiger partial charge in [0.25, 0.3) is 5.69 Å². The Kier molecular flexibility index (Phi) is 6.99. The van der Waals surface area contributed by atoms with Gasteiger partial charge in [0, 0.05) is 27.8 Å². The Labute approximate surface area is 129 Å². The first-order valence-electron chi connectivity index (χ1n) is 7.16. The molecular weight excluding hydrogens is 320 g/mol. The zero-order chi connectivity index (χ0) is 15.1. The minimum atomic E-state index is -0.349. The summed E-state index contributed by atoms with van der Waals surface area (Å²) >= 11 is 3.40. The minimum absolute atomic E-state index is 0.151. The normalized spacial score (nSPS) is 12.2. The lowest BCUT2D eigenvalue weighted by atomic mass is 10.1. The Balaban J connectivity index is 2.63. The first kappa shape index (κ1) is 17.0. The molecule has 0 saturated carbocycles. The molecule has 0 aliphatic carbocycles. The van der Waals surface area contributed by atoms with Gasteiger partial charge in [-0.3, -0.25) is 10.1 Å². The van der Waals surface area contributed by atoms with E-state index < -0.39 is 0 Å². The molecule has 0 aromatic heterocycles. The number of nitro benzene ring substituents is 1. The van der Waals surface area contributed by atoms with Crippen molar-refractivity contribution in [1.29, 1.82) is 0 Å². The van der Waals surface area contributed by atoms with E-state index >= 15 is 0 Å². The summed E-state index contributed by atoms with van der Waals surface area (Å²) < 4.78 is 0.746. The number of hydrogen-bond acceptors (Lipinski definition) is 3. The molecule has 1 rings (SSSR count). The highest BCUT2D eigenvalue weighted by molar-refractivity contribution is 9.10. The molecule has 0 spiro atoms. The van der Waals surface area contributed by atoms with Crippen molar-refractivity contribution >= 4 is 27.3 Å². The summed E-state index contributed by atoms with van der Waals surface area (Å²) in [6, 6.07) is 3.77. The summed E-state index contributed by atoms with van der Waals surface area (Å²) in [4.78, 5) is 10.5. The first-order chi connectivity index (χ1) is 9.45. The van der Waals surface area contributed by atoms with Gasteiger partial charge in [-0.25, -0.2) is 0 Å². The predicted octanol–water partition coefficient (Wildman–Crippen LogP) is 5.44. The van der Waals surface area contributed by atoms with Gasteiger partial charge >= 0.3 is 0 Å². The number of nitrogens with zero attached hydrogens (tertiary/aromatic N) is 1. The van der Waals surface area contributed by atoms with Gasteiger partial charge in [-0.15, -0.1) is 0 Å². The summed E-state index contributed by atoms with van der Waals surface area (Å²) in [6.07, 6.45) is 6.12. The molecule has 0 aliphatic heterocycles. The van der Waals surface area contributed by atoms with Crippen LogP contribution in [0, 0.1) is 17.0 Å². The van der Waals surface area contributed by atoms with Gasteiger partial charge in [0.1, 0.15) is 0 Å². The molecule has 1 aromatic carbocycles. The van der Waals surface area contributed by atoms with Crippen LogP contribution >= 0.6 is 15.9 Å². The van der Waals surface area contributed by atoms with Crippen LogP contribution in [0.2, 0.25) is 0 Å². The zero-order valence-corrected chi connectivity index (χ0v) is 14.0. The molecule has 1 atom stereocenters. The van der Waals surface area contributed by atoms with Crippen LogP contribution in [0.25, 0.3) is 0 Å². The monoisotopic (exact) mass is 342 g/mol. The maximum Gasteiger partial charge on any atom is 0.273 e. The van der Waals surface area contributed by atoms with Gasteiger partial charge < -0.3 is 5.32 Å². The second kappa shape index (κ2) is 8.25. The van der Waals surface area contributed by atoms with E-state index in [4.69, 9.17) is 0 Å². The second-order valence-electron chi connectivity index (χ2n) is 5.27. The van der Waals surface area contributed by atoms with Crippen molar-refractivity contribution in [2.75, 3.05) is 5.32 Å². The molecule has 1 N–H and O–H groups in total.